The fraction of sp³-hybridized carbons (Fsp3) is 0.571. The first kappa shape index (κ1) is 11.6. The third-order valence-corrected chi connectivity index (χ3v) is 3.61. The zero-order valence-corrected chi connectivity index (χ0v) is 9.88. The topological polar surface area (TPSA) is 26.0 Å². The molecular weight excluding hydrogens is 201 g/mol. The van der Waals surface area contributed by atoms with Gasteiger partial charge in [-0.3, -0.25) is 0 Å². The second-order valence-electron chi connectivity index (χ2n) is 5.02. The Morgan fingerprint density at radius 3 is 2.75 bits per heavy atom. The zero-order chi connectivity index (χ0) is 11.5. The predicted octanol–water partition coefficient (Wildman–Crippen LogP) is 3.71. The van der Waals surface area contributed by atoms with E-state index < -0.39 is 0 Å². The summed E-state index contributed by atoms with van der Waals surface area (Å²) >= 11 is 0. The second-order valence-corrected chi connectivity index (χ2v) is 5.02. The number of aryl methyl sites for hydroxylation is 1. The van der Waals surface area contributed by atoms with Gasteiger partial charge in [0, 0.05) is 11.6 Å². The molecule has 1 fully saturated rings. The van der Waals surface area contributed by atoms with Gasteiger partial charge in [0.05, 0.1) is 0 Å². The van der Waals surface area contributed by atoms with E-state index in [0.29, 0.717) is 11.5 Å². The van der Waals surface area contributed by atoms with Crippen LogP contribution in [0.4, 0.5) is 4.39 Å². The normalized spacial score (nSPS) is 18.9. The number of hydrogen-bond acceptors (Lipinski definition) is 1. The molecule has 88 valence electrons. The largest absolute Gasteiger partial charge is 0.324 e. The highest BCUT2D eigenvalue weighted by Crippen LogP contribution is 2.32. The molecule has 0 aliphatic heterocycles. The molecule has 1 atom stereocenters. The zero-order valence-electron chi connectivity index (χ0n) is 9.88. The summed E-state index contributed by atoms with van der Waals surface area (Å²) in [4.78, 5) is 0. The van der Waals surface area contributed by atoms with Crippen LogP contribution in [0.1, 0.15) is 49.3 Å². The molecule has 0 spiro atoms. The lowest BCUT2D eigenvalue weighted by Crippen LogP contribution is -2.15. The third kappa shape index (κ3) is 2.62. The first-order valence-electron chi connectivity index (χ1n) is 6.18. The summed E-state index contributed by atoms with van der Waals surface area (Å²) in [6.07, 6.45) is 6.09. The molecule has 0 saturated heterocycles. The molecule has 0 aromatic heterocycles. The van der Waals surface area contributed by atoms with Crippen LogP contribution >= 0.6 is 0 Å². The van der Waals surface area contributed by atoms with Gasteiger partial charge < -0.3 is 5.73 Å². The van der Waals surface area contributed by atoms with Gasteiger partial charge in [-0.1, -0.05) is 43.4 Å². The van der Waals surface area contributed by atoms with Gasteiger partial charge in [-0.15, -0.1) is 0 Å². The molecular formula is C14H20FN. The average Bonchev–Trinajstić information content (AvgIpc) is 2.74. The van der Waals surface area contributed by atoms with Gasteiger partial charge in [-0.05, 0) is 25.3 Å². The molecule has 1 aromatic carbocycles. The van der Waals surface area contributed by atoms with Crippen molar-refractivity contribution in [3.8, 4) is 0 Å². The molecule has 1 aliphatic rings. The van der Waals surface area contributed by atoms with E-state index in [1.54, 1.807) is 6.07 Å². The minimum atomic E-state index is -0.156. The van der Waals surface area contributed by atoms with E-state index in [-0.39, 0.29) is 11.9 Å². The molecule has 2 heteroatoms. The summed E-state index contributed by atoms with van der Waals surface area (Å²) in [5.74, 6) is 0.547. The Morgan fingerprint density at radius 1 is 1.38 bits per heavy atom. The minimum Gasteiger partial charge on any atom is -0.324 e. The summed E-state index contributed by atoms with van der Waals surface area (Å²) in [6.45, 7) is 1.98. The summed E-state index contributed by atoms with van der Waals surface area (Å²) < 4.78 is 13.6. The van der Waals surface area contributed by atoms with Gasteiger partial charge in [-0.25, -0.2) is 4.39 Å². The summed E-state index contributed by atoms with van der Waals surface area (Å²) in [6, 6.07) is 5.07. The van der Waals surface area contributed by atoms with Crippen molar-refractivity contribution in [2.45, 2.75) is 45.1 Å². The molecule has 1 aromatic rings. The fourth-order valence-corrected chi connectivity index (χ4v) is 2.68. The molecule has 16 heavy (non-hydrogen) atoms. The third-order valence-electron chi connectivity index (χ3n) is 3.61. The Kier molecular flexibility index (Phi) is 3.59. The van der Waals surface area contributed by atoms with Crippen molar-refractivity contribution in [2.75, 3.05) is 0 Å². The lowest BCUT2D eigenvalue weighted by Gasteiger charge is -2.17. The number of halogens is 1. The van der Waals surface area contributed by atoms with Crippen LogP contribution < -0.4 is 5.73 Å². The van der Waals surface area contributed by atoms with E-state index in [2.05, 4.69) is 0 Å². The van der Waals surface area contributed by atoms with Gasteiger partial charge in [0.1, 0.15) is 5.82 Å². The molecule has 1 aliphatic carbocycles. The van der Waals surface area contributed by atoms with E-state index in [4.69, 9.17) is 5.73 Å². The Hall–Kier alpha value is -0.890. The van der Waals surface area contributed by atoms with Crippen molar-refractivity contribution in [1.29, 1.82) is 0 Å². The van der Waals surface area contributed by atoms with Crippen LogP contribution in [0.2, 0.25) is 0 Å². The molecule has 1 nitrogen and oxygen atoms in total. The van der Waals surface area contributed by atoms with Gasteiger partial charge in [-0.2, -0.15) is 0 Å². The highest BCUT2D eigenvalue weighted by molar-refractivity contribution is 5.26. The van der Waals surface area contributed by atoms with Crippen LogP contribution in [-0.4, -0.2) is 0 Å². The van der Waals surface area contributed by atoms with E-state index in [0.717, 1.165) is 12.0 Å². The lowest BCUT2D eigenvalue weighted by atomic mass is 9.93. The van der Waals surface area contributed by atoms with Gasteiger partial charge in [0.2, 0.25) is 0 Å². The fourth-order valence-electron chi connectivity index (χ4n) is 2.68. The average molecular weight is 221 g/mol. The predicted molar refractivity (Wildman–Crippen MR) is 64.6 cm³/mol. The van der Waals surface area contributed by atoms with E-state index in [1.807, 2.05) is 13.0 Å². The van der Waals surface area contributed by atoms with Crippen molar-refractivity contribution in [3.63, 3.8) is 0 Å². The molecule has 0 heterocycles. The van der Waals surface area contributed by atoms with Crippen molar-refractivity contribution >= 4 is 0 Å². The van der Waals surface area contributed by atoms with E-state index in [9.17, 15) is 4.39 Å². The Morgan fingerprint density at radius 2 is 2.06 bits per heavy atom. The van der Waals surface area contributed by atoms with Crippen LogP contribution in [0.25, 0.3) is 0 Å². The number of benzene rings is 1. The summed E-state index contributed by atoms with van der Waals surface area (Å²) in [5, 5.41) is 0. The highest BCUT2D eigenvalue weighted by atomic mass is 19.1. The Bertz CT molecular complexity index is 356. The first-order chi connectivity index (χ1) is 7.66. The van der Waals surface area contributed by atoms with Crippen molar-refractivity contribution in [1.82, 2.24) is 0 Å². The van der Waals surface area contributed by atoms with E-state index in [1.165, 1.54) is 31.7 Å². The van der Waals surface area contributed by atoms with Gasteiger partial charge >= 0.3 is 0 Å². The maximum absolute atomic E-state index is 13.6. The van der Waals surface area contributed by atoms with Crippen molar-refractivity contribution in [2.24, 2.45) is 11.7 Å². The summed E-state index contributed by atoms with van der Waals surface area (Å²) in [5.41, 5.74) is 7.87. The van der Waals surface area contributed by atoms with Crippen LogP contribution in [0, 0.1) is 18.7 Å². The smallest absolute Gasteiger partial charge is 0.127 e. The minimum absolute atomic E-state index is 0.136. The first-order valence-corrected chi connectivity index (χ1v) is 6.18. The molecule has 0 bridgehead atoms. The maximum Gasteiger partial charge on any atom is 0.127 e. The summed E-state index contributed by atoms with van der Waals surface area (Å²) in [7, 11) is 0. The molecule has 2 N–H and O–H groups in total. The van der Waals surface area contributed by atoms with Crippen LogP contribution in [0.15, 0.2) is 18.2 Å². The Balaban J connectivity index is 2.07. The van der Waals surface area contributed by atoms with Crippen molar-refractivity contribution < 1.29 is 4.39 Å². The molecule has 0 radical (unpaired) electrons. The lowest BCUT2D eigenvalue weighted by molar-refractivity contribution is 0.440. The highest BCUT2D eigenvalue weighted by Gasteiger charge is 2.20. The number of nitrogens with two attached hydrogens (primary N) is 1. The van der Waals surface area contributed by atoms with E-state index >= 15 is 0 Å². The standard InChI is InChI=1S/C14H20FN/c1-10-6-7-13(15)12(8-10)14(16)9-11-4-2-3-5-11/h6-8,11,14H,2-5,9,16H2,1H3. The van der Waals surface area contributed by atoms with Crippen LogP contribution in [0.3, 0.4) is 0 Å². The number of hydrogen-bond donors (Lipinski definition) is 1. The maximum atomic E-state index is 13.6. The monoisotopic (exact) mass is 221 g/mol. The molecule has 1 saturated carbocycles. The van der Waals surface area contributed by atoms with Gasteiger partial charge in [0.25, 0.3) is 0 Å². The van der Waals surface area contributed by atoms with Crippen LogP contribution in [0.5, 0.6) is 0 Å². The molecule has 1 unspecified atom stereocenters. The Labute approximate surface area is 96.9 Å². The quantitative estimate of drug-likeness (QED) is 0.827. The molecule has 2 rings (SSSR count). The van der Waals surface area contributed by atoms with Crippen molar-refractivity contribution in [3.05, 3.63) is 35.1 Å². The SMILES string of the molecule is Cc1ccc(F)c(C(N)CC2CCCC2)c1. The van der Waals surface area contributed by atoms with Crippen LogP contribution in [-0.2, 0) is 0 Å². The van der Waals surface area contributed by atoms with Gasteiger partial charge in [0.15, 0.2) is 0 Å². The second kappa shape index (κ2) is 4.96. The number of rotatable bonds is 3. The molecule has 0 amide bonds.